The van der Waals surface area contributed by atoms with Crippen LogP contribution in [0.3, 0.4) is 0 Å². The molecule has 0 aliphatic heterocycles. The van der Waals surface area contributed by atoms with Gasteiger partial charge >= 0.3 is 0 Å². The third-order valence-electron chi connectivity index (χ3n) is 1.85. The molecule has 0 heterocycles. The fourth-order valence-electron chi connectivity index (χ4n) is 1.31. The van der Waals surface area contributed by atoms with E-state index >= 15 is 0 Å². The molecule has 1 aliphatic carbocycles. The lowest BCUT2D eigenvalue weighted by molar-refractivity contribution is 0.715. The number of nitrogens with two attached hydrogens (primary N) is 1. The third kappa shape index (κ3) is 5.64. The maximum atomic E-state index is 5.70. The van der Waals surface area contributed by atoms with Crippen molar-refractivity contribution in [1.29, 1.82) is 0 Å². The molecule has 0 spiro atoms. The molecule has 1 rings (SSSR count). The molecular weight excluding hydrogens is 158 g/mol. The van der Waals surface area contributed by atoms with Crippen LogP contribution in [0.4, 0.5) is 0 Å². The zero-order valence-corrected chi connectivity index (χ0v) is 9.85. The predicted octanol–water partition coefficient (Wildman–Crippen LogP) is 3.66. The molecule has 0 aromatic carbocycles. The minimum atomic E-state index is 0.359. The summed E-state index contributed by atoms with van der Waals surface area (Å²) < 4.78 is 0. The summed E-state index contributed by atoms with van der Waals surface area (Å²) in [5.74, 6) is 0. The van der Waals surface area contributed by atoms with Crippen molar-refractivity contribution >= 4 is 0 Å². The largest absolute Gasteiger partial charge is 0.327 e. The lowest BCUT2D eigenvalue weighted by atomic mass is 10.2. The summed E-state index contributed by atoms with van der Waals surface area (Å²) in [6.45, 7) is 13.8. The number of hydrogen-bond donors (Lipinski definition) is 1. The van der Waals surface area contributed by atoms with Gasteiger partial charge < -0.3 is 5.73 Å². The molecule has 1 nitrogen and oxygen atoms in total. The highest BCUT2D eigenvalue weighted by Crippen LogP contribution is 2.24. The molecule has 1 unspecified atom stereocenters. The molecule has 0 aromatic heterocycles. The first-order chi connectivity index (χ1) is 6.24. The van der Waals surface area contributed by atoms with Crippen LogP contribution < -0.4 is 5.73 Å². The van der Waals surface area contributed by atoms with Gasteiger partial charge in [-0.15, -0.1) is 0 Å². The van der Waals surface area contributed by atoms with Gasteiger partial charge in [0.05, 0.1) is 0 Å². The van der Waals surface area contributed by atoms with E-state index in [0.29, 0.717) is 6.04 Å². The van der Waals surface area contributed by atoms with Crippen LogP contribution >= 0.6 is 0 Å². The molecule has 0 bridgehead atoms. The summed E-state index contributed by atoms with van der Waals surface area (Å²) >= 11 is 0. The lowest BCUT2D eigenvalue weighted by Gasteiger charge is -1.97. The van der Waals surface area contributed by atoms with Crippen LogP contribution in [0.1, 0.15) is 47.5 Å². The smallest absolute Gasteiger partial charge is 0.0117 e. The Labute approximate surface area is 83.7 Å². The normalized spacial score (nSPS) is 19.7. The average molecular weight is 183 g/mol. The van der Waals surface area contributed by atoms with Crippen molar-refractivity contribution in [3.63, 3.8) is 0 Å². The Hall–Kier alpha value is -0.560. The highest BCUT2D eigenvalue weighted by Gasteiger charge is 2.14. The molecule has 0 amide bonds. The Morgan fingerprint density at radius 1 is 1.23 bits per heavy atom. The van der Waals surface area contributed by atoms with Gasteiger partial charge in [-0.3, -0.25) is 0 Å². The van der Waals surface area contributed by atoms with Crippen molar-refractivity contribution in [2.45, 2.75) is 53.5 Å². The van der Waals surface area contributed by atoms with E-state index in [0.717, 1.165) is 12.8 Å². The summed E-state index contributed by atoms with van der Waals surface area (Å²) in [6, 6.07) is 0.359. The predicted molar refractivity (Wildman–Crippen MR) is 62.8 cm³/mol. The highest BCUT2D eigenvalue weighted by atomic mass is 14.6. The summed E-state index contributed by atoms with van der Waals surface area (Å²) in [7, 11) is 0. The van der Waals surface area contributed by atoms with Crippen molar-refractivity contribution in [2.75, 3.05) is 0 Å². The zero-order valence-electron chi connectivity index (χ0n) is 9.85. The minimum absolute atomic E-state index is 0.359. The molecule has 0 saturated carbocycles. The first kappa shape index (κ1) is 14.9. The van der Waals surface area contributed by atoms with E-state index in [1.54, 1.807) is 0 Å². The molecule has 13 heavy (non-hydrogen) atoms. The van der Waals surface area contributed by atoms with E-state index < -0.39 is 0 Å². The Morgan fingerprint density at radius 2 is 1.69 bits per heavy atom. The standard InChI is InChI=1S/C8H13N.2C2H6/c1-3-7-5-8(9)4-6(7)2;2*1-2/h3,8H,1,4-5,9H2,2H3;2*1-2H3. The Bertz CT molecular complexity index is 157. The van der Waals surface area contributed by atoms with Crippen LogP contribution in [0, 0.1) is 0 Å². The first-order valence-electron chi connectivity index (χ1n) is 5.30. The van der Waals surface area contributed by atoms with E-state index in [1.807, 2.05) is 33.8 Å². The van der Waals surface area contributed by atoms with Crippen molar-refractivity contribution in [2.24, 2.45) is 5.73 Å². The monoisotopic (exact) mass is 183 g/mol. The number of rotatable bonds is 1. The minimum Gasteiger partial charge on any atom is -0.327 e. The fourth-order valence-corrected chi connectivity index (χ4v) is 1.31. The molecule has 0 fully saturated rings. The molecule has 1 atom stereocenters. The van der Waals surface area contributed by atoms with Gasteiger partial charge in [0.1, 0.15) is 0 Å². The average Bonchev–Trinajstić information content (AvgIpc) is 2.51. The summed E-state index contributed by atoms with van der Waals surface area (Å²) in [5, 5.41) is 0. The van der Waals surface area contributed by atoms with Gasteiger partial charge in [-0.05, 0) is 25.3 Å². The van der Waals surface area contributed by atoms with Crippen LogP contribution in [0.25, 0.3) is 0 Å². The molecule has 1 aliphatic rings. The second-order valence-electron chi connectivity index (χ2n) is 2.68. The summed E-state index contributed by atoms with van der Waals surface area (Å²) in [4.78, 5) is 0. The van der Waals surface area contributed by atoms with E-state index in [-0.39, 0.29) is 0 Å². The van der Waals surface area contributed by atoms with Crippen LogP contribution in [0.15, 0.2) is 23.8 Å². The fraction of sp³-hybridized carbons (Fsp3) is 0.667. The van der Waals surface area contributed by atoms with Crippen molar-refractivity contribution in [3.8, 4) is 0 Å². The van der Waals surface area contributed by atoms with Gasteiger partial charge in [-0.1, -0.05) is 45.9 Å². The maximum absolute atomic E-state index is 5.70. The van der Waals surface area contributed by atoms with Crippen LogP contribution in [-0.2, 0) is 0 Å². The molecule has 78 valence electrons. The lowest BCUT2D eigenvalue weighted by Crippen LogP contribution is -2.15. The number of allylic oxidation sites excluding steroid dienone is 1. The number of hydrogen-bond acceptors (Lipinski definition) is 1. The highest BCUT2D eigenvalue weighted by molar-refractivity contribution is 5.29. The van der Waals surface area contributed by atoms with Gasteiger partial charge in [0, 0.05) is 6.04 Å². The van der Waals surface area contributed by atoms with Gasteiger partial charge in [0.25, 0.3) is 0 Å². The first-order valence-corrected chi connectivity index (χ1v) is 5.30. The van der Waals surface area contributed by atoms with Crippen LogP contribution in [-0.4, -0.2) is 6.04 Å². The van der Waals surface area contributed by atoms with Gasteiger partial charge in [-0.25, -0.2) is 0 Å². The Morgan fingerprint density at radius 3 is 1.85 bits per heavy atom. The van der Waals surface area contributed by atoms with E-state index in [1.165, 1.54) is 11.1 Å². The second-order valence-corrected chi connectivity index (χ2v) is 2.68. The summed E-state index contributed by atoms with van der Waals surface area (Å²) in [5.41, 5.74) is 8.47. The molecule has 2 N–H and O–H groups in total. The molecule has 1 heteroatoms. The van der Waals surface area contributed by atoms with Crippen molar-refractivity contribution < 1.29 is 0 Å². The molecule has 0 radical (unpaired) electrons. The van der Waals surface area contributed by atoms with Crippen LogP contribution in [0.2, 0.25) is 0 Å². The van der Waals surface area contributed by atoms with Crippen molar-refractivity contribution in [1.82, 2.24) is 0 Å². The van der Waals surface area contributed by atoms with Gasteiger partial charge in [-0.2, -0.15) is 0 Å². The van der Waals surface area contributed by atoms with E-state index in [2.05, 4.69) is 13.5 Å². The maximum Gasteiger partial charge on any atom is 0.0117 e. The van der Waals surface area contributed by atoms with E-state index in [9.17, 15) is 0 Å². The zero-order chi connectivity index (χ0) is 10.9. The van der Waals surface area contributed by atoms with Crippen molar-refractivity contribution in [3.05, 3.63) is 23.8 Å². The van der Waals surface area contributed by atoms with E-state index in [4.69, 9.17) is 5.73 Å². The SMILES string of the molecule is C=CC1=C(C)CC(N)C1.CC.CC. The van der Waals surface area contributed by atoms with Gasteiger partial charge in [0.15, 0.2) is 0 Å². The van der Waals surface area contributed by atoms with Crippen LogP contribution in [0.5, 0.6) is 0 Å². The Balaban J connectivity index is 0. The quantitative estimate of drug-likeness (QED) is 0.659. The Kier molecular flexibility index (Phi) is 10.9. The second kappa shape index (κ2) is 9.53. The summed E-state index contributed by atoms with van der Waals surface area (Å²) in [6.07, 6.45) is 4.00. The topological polar surface area (TPSA) is 26.0 Å². The molecule has 0 saturated heterocycles. The molecular formula is C12H25N. The molecule has 0 aromatic rings. The van der Waals surface area contributed by atoms with Gasteiger partial charge in [0.2, 0.25) is 0 Å². The third-order valence-corrected chi connectivity index (χ3v) is 1.85.